The number of rotatable bonds is 7. The SMILES string of the molecule is COc1ccccc1CN(Cc1cccc(C)c1)C(=O)C[C@H]1CCC(=O)N1. The molecule has 5 heteroatoms. The van der Waals surface area contributed by atoms with Crippen LogP contribution in [0.25, 0.3) is 0 Å². The Labute approximate surface area is 160 Å². The summed E-state index contributed by atoms with van der Waals surface area (Å²) in [5, 5.41) is 2.89. The van der Waals surface area contributed by atoms with Crippen LogP contribution in [0.3, 0.4) is 0 Å². The number of nitrogens with one attached hydrogen (secondary N) is 1. The van der Waals surface area contributed by atoms with Crippen molar-refractivity contribution in [3.63, 3.8) is 0 Å². The molecular formula is C22H26N2O3. The highest BCUT2D eigenvalue weighted by atomic mass is 16.5. The summed E-state index contributed by atoms with van der Waals surface area (Å²) in [6.07, 6.45) is 1.55. The highest BCUT2D eigenvalue weighted by molar-refractivity contribution is 5.82. The predicted octanol–water partition coefficient (Wildman–Crippen LogP) is 3.20. The first-order valence-corrected chi connectivity index (χ1v) is 9.29. The summed E-state index contributed by atoms with van der Waals surface area (Å²) in [4.78, 5) is 26.3. The molecule has 2 aromatic carbocycles. The highest BCUT2D eigenvalue weighted by Crippen LogP contribution is 2.22. The monoisotopic (exact) mass is 366 g/mol. The zero-order valence-electron chi connectivity index (χ0n) is 15.9. The summed E-state index contributed by atoms with van der Waals surface area (Å²) in [5.41, 5.74) is 3.23. The van der Waals surface area contributed by atoms with Gasteiger partial charge >= 0.3 is 0 Å². The summed E-state index contributed by atoms with van der Waals surface area (Å²) in [7, 11) is 1.64. The predicted molar refractivity (Wildman–Crippen MR) is 104 cm³/mol. The number of ether oxygens (including phenoxy) is 1. The van der Waals surface area contributed by atoms with E-state index >= 15 is 0 Å². The van der Waals surface area contributed by atoms with Gasteiger partial charge in [-0.2, -0.15) is 0 Å². The second-order valence-corrected chi connectivity index (χ2v) is 7.06. The van der Waals surface area contributed by atoms with Gasteiger partial charge in [-0.3, -0.25) is 9.59 Å². The maximum atomic E-state index is 13.0. The molecular weight excluding hydrogens is 340 g/mol. The van der Waals surface area contributed by atoms with E-state index in [1.54, 1.807) is 7.11 Å². The number of carbonyl (C=O) groups excluding carboxylic acids is 2. The molecule has 0 radical (unpaired) electrons. The van der Waals surface area contributed by atoms with Gasteiger partial charge in [0.25, 0.3) is 0 Å². The molecule has 1 aliphatic rings. The molecule has 142 valence electrons. The average molecular weight is 366 g/mol. The third-order valence-electron chi connectivity index (χ3n) is 4.87. The van der Waals surface area contributed by atoms with Crippen molar-refractivity contribution in [1.82, 2.24) is 10.2 Å². The van der Waals surface area contributed by atoms with Gasteiger partial charge in [-0.15, -0.1) is 0 Å². The van der Waals surface area contributed by atoms with Crippen LogP contribution in [0.4, 0.5) is 0 Å². The van der Waals surface area contributed by atoms with Gasteiger partial charge < -0.3 is 15.0 Å². The Morgan fingerprint density at radius 3 is 2.70 bits per heavy atom. The molecule has 0 saturated carbocycles. The van der Waals surface area contributed by atoms with Crippen molar-refractivity contribution in [2.24, 2.45) is 0 Å². The molecule has 1 atom stereocenters. The lowest BCUT2D eigenvalue weighted by Gasteiger charge is -2.25. The Morgan fingerprint density at radius 1 is 1.19 bits per heavy atom. The van der Waals surface area contributed by atoms with E-state index in [0.717, 1.165) is 23.3 Å². The zero-order valence-corrected chi connectivity index (χ0v) is 15.9. The van der Waals surface area contributed by atoms with Gasteiger partial charge in [0.05, 0.1) is 7.11 Å². The second kappa shape index (κ2) is 8.71. The summed E-state index contributed by atoms with van der Waals surface area (Å²) in [6.45, 7) is 3.04. The minimum atomic E-state index is -0.0670. The molecule has 0 bridgehead atoms. The van der Waals surface area contributed by atoms with Crippen molar-refractivity contribution < 1.29 is 14.3 Å². The molecule has 2 aromatic rings. The van der Waals surface area contributed by atoms with Crippen molar-refractivity contribution in [2.45, 2.75) is 45.3 Å². The fourth-order valence-corrected chi connectivity index (χ4v) is 3.47. The molecule has 27 heavy (non-hydrogen) atoms. The van der Waals surface area contributed by atoms with E-state index in [1.165, 1.54) is 5.56 Å². The van der Waals surface area contributed by atoms with Crippen LogP contribution in [-0.4, -0.2) is 29.9 Å². The molecule has 0 unspecified atom stereocenters. The lowest BCUT2D eigenvalue weighted by atomic mass is 10.1. The maximum Gasteiger partial charge on any atom is 0.225 e. The van der Waals surface area contributed by atoms with Crippen LogP contribution in [0.1, 0.15) is 36.0 Å². The Morgan fingerprint density at radius 2 is 2.00 bits per heavy atom. The van der Waals surface area contributed by atoms with Crippen molar-refractivity contribution >= 4 is 11.8 Å². The quantitative estimate of drug-likeness (QED) is 0.819. The minimum Gasteiger partial charge on any atom is -0.496 e. The van der Waals surface area contributed by atoms with Crippen LogP contribution in [0.15, 0.2) is 48.5 Å². The van der Waals surface area contributed by atoms with Crippen molar-refractivity contribution in [3.05, 3.63) is 65.2 Å². The molecule has 1 heterocycles. The Kier molecular flexibility index (Phi) is 6.12. The summed E-state index contributed by atoms with van der Waals surface area (Å²) in [6, 6.07) is 15.9. The van der Waals surface area contributed by atoms with Gasteiger partial charge in [-0.05, 0) is 25.0 Å². The van der Waals surface area contributed by atoms with Crippen LogP contribution in [0.5, 0.6) is 5.75 Å². The lowest BCUT2D eigenvalue weighted by Crippen LogP contribution is -2.36. The van der Waals surface area contributed by atoms with Gasteiger partial charge in [0, 0.05) is 37.5 Å². The molecule has 3 rings (SSSR count). The fourth-order valence-electron chi connectivity index (χ4n) is 3.47. The van der Waals surface area contributed by atoms with Crippen LogP contribution in [0, 0.1) is 6.92 Å². The standard InChI is InChI=1S/C22H26N2O3/c1-16-6-5-7-17(12-16)14-24(15-18-8-3-4-9-20(18)27-2)22(26)13-19-10-11-21(25)23-19/h3-9,12,19H,10-11,13-15H2,1-2H3,(H,23,25)/t19-/m1/s1. The van der Waals surface area contributed by atoms with E-state index in [-0.39, 0.29) is 17.9 Å². The number of hydrogen-bond donors (Lipinski definition) is 1. The van der Waals surface area contributed by atoms with E-state index in [1.807, 2.05) is 54.3 Å². The normalized spacial score (nSPS) is 16.1. The van der Waals surface area contributed by atoms with Gasteiger partial charge in [-0.25, -0.2) is 0 Å². The summed E-state index contributed by atoms with van der Waals surface area (Å²) < 4.78 is 5.45. The molecule has 0 spiro atoms. The minimum absolute atomic E-state index is 0.0303. The fraction of sp³-hybridized carbons (Fsp3) is 0.364. The zero-order chi connectivity index (χ0) is 19.2. The number of aryl methyl sites for hydroxylation is 1. The molecule has 1 N–H and O–H groups in total. The average Bonchev–Trinajstić information content (AvgIpc) is 3.06. The Balaban J connectivity index is 1.79. The number of methoxy groups -OCH3 is 1. The summed E-state index contributed by atoms with van der Waals surface area (Å²) >= 11 is 0. The third kappa shape index (κ3) is 5.09. The molecule has 1 aliphatic heterocycles. The molecule has 0 aliphatic carbocycles. The molecule has 1 saturated heterocycles. The number of nitrogens with zero attached hydrogens (tertiary/aromatic N) is 1. The molecule has 0 aromatic heterocycles. The van der Waals surface area contributed by atoms with Crippen LogP contribution < -0.4 is 10.1 Å². The van der Waals surface area contributed by atoms with Crippen LogP contribution in [-0.2, 0) is 22.7 Å². The third-order valence-corrected chi connectivity index (χ3v) is 4.87. The van der Waals surface area contributed by atoms with Gasteiger partial charge in [0.1, 0.15) is 5.75 Å². The molecule has 5 nitrogen and oxygen atoms in total. The van der Waals surface area contributed by atoms with Gasteiger partial charge in [-0.1, -0.05) is 48.0 Å². The van der Waals surface area contributed by atoms with E-state index in [9.17, 15) is 9.59 Å². The number of para-hydroxylation sites is 1. The topological polar surface area (TPSA) is 58.6 Å². The molecule has 1 fully saturated rings. The number of amides is 2. The van der Waals surface area contributed by atoms with Crippen LogP contribution >= 0.6 is 0 Å². The van der Waals surface area contributed by atoms with E-state index < -0.39 is 0 Å². The smallest absolute Gasteiger partial charge is 0.225 e. The van der Waals surface area contributed by atoms with Crippen molar-refractivity contribution in [2.75, 3.05) is 7.11 Å². The van der Waals surface area contributed by atoms with Gasteiger partial charge in [0.2, 0.25) is 11.8 Å². The Hall–Kier alpha value is -2.82. The number of carbonyl (C=O) groups is 2. The van der Waals surface area contributed by atoms with E-state index in [0.29, 0.717) is 25.9 Å². The Bertz CT molecular complexity index is 819. The van der Waals surface area contributed by atoms with Gasteiger partial charge in [0.15, 0.2) is 0 Å². The second-order valence-electron chi connectivity index (χ2n) is 7.06. The first kappa shape index (κ1) is 19.0. The first-order chi connectivity index (χ1) is 13.0. The first-order valence-electron chi connectivity index (χ1n) is 9.29. The largest absolute Gasteiger partial charge is 0.496 e. The number of benzene rings is 2. The van der Waals surface area contributed by atoms with E-state index in [2.05, 4.69) is 11.4 Å². The lowest BCUT2D eigenvalue weighted by molar-refractivity contribution is -0.133. The molecule has 2 amide bonds. The highest BCUT2D eigenvalue weighted by Gasteiger charge is 2.26. The number of hydrogen-bond acceptors (Lipinski definition) is 3. The summed E-state index contributed by atoms with van der Waals surface area (Å²) in [5.74, 6) is 0.839. The van der Waals surface area contributed by atoms with Crippen molar-refractivity contribution in [3.8, 4) is 5.75 Å². The maximum absolute atomic E-state index is 13.0. The van der Waals surface area contributed by atoms with Crippen LogP contribution in [0.2, 0.25) is 0 Å². The van der Waals surface area contributed by atoms with E-state index in [4.69, 9.17) is 4.74 Å². The van der Waals surface area contributed by atoms with Crippen molar-refractivity contribution in [1.29, 1.82) is 0 Å².